The normalized spacial score (nSPS) is 18.9. The van der Waals surface area contributed by atoms with Gasteiger partial charge >= 0.3 is 0 Å². The second-order valence-corrected chi connectivity index (χ2v) is 10.9. The lowest BCUT2D eigenvalue weighted by Gasteiger charge is -2.37. The van der Waals surface area contributed by atoms with E-state index in [2.05, 4.69) is 27.9 Å². The molecule has 0 N–H and O–H groups in total. The van der Waals surface area contributed by atoms with Gasteiger partial charge in [0.15, 0.2) is 0 Å². The van der Waals surface area contributed by atoms with Gasteiger partial charge in [-0.15, -0.1) is 0 Å². The molecule has 0 bridgehead atoms. The molecule has 8 heteroatoms. The Morgan fingerprint density at radius 2 is 1.84 bits per heavy atom. The Morgan fingerprint density at radius 1 is 1.03 bits per heavy atom. The number of nitrogens with zero attached hydrogens (tertiary/aromatic N) is 4. The minimum atomic E-state index is -0.169. The van der Waals surface area contributed by atoms with E-state index in [0.717, 1.165) is 70.8 Å². The van der Waals surface area contributed by atoms with Crippen molar-refractivity contribution in [1.29, 1.82) is 0 Å². The molecular formula is C30H33ClN4O3. The van der Waals surface area contributed by atoms with Gasteiger partial charge in [0.25, 0.3) is 0 Å². The summed E-state index contributed by atoms with van der Waals surface area (Å²) < 4.78 is 13.2. The predicted molar refractivity (Wildman–Crippen MR) is 149 cm³/mol. The largest absolute Gasteiger partial charge is 0.495 e. The van der Waals surface area contributed by atoms with Crippen LogP contribution >= 0.6 is 11.6 Å². The van der Waals surface area contributed by atoms with E-state index >= 15 is 0 Å². The number of hydrogen-bond acceptors (Lipinski definition) is 5. The van der Waals surface area contributed by atoms with Gasteiger partial charge in [-0.2, -0.15) is 0 Å². The van der Waals surface area contributed by atoms with Gasteiger partial charge in [0.1, 0.15) is 17.3 Å². The summed E-state index contributed by atoms with van der Waals surface area (Å²) in [5.41, 5.74) is 5.77. The van der Waals surface area contributed by atoms with Crippen molar-refractivity contribution in [3.8, 4) is 16.9 Å². The van der Waals surface area contributed by atoms with Crippen molar-refractivity contribution in [2.45, 2.75) is 77.3 Å². The number of piperidine rings is 1. The number of rotatable bonds is 5. The van der Waals surface area contributed by atoms with Gasteiger partial charge in [-0.25, -0.2) is 4.98 Å². The Bertz CT molecular complexity index is 1480. The molecule has 2 aliphatic rings. The van der Waals surface area contributed by atoms with Crippen LogP contribution in [0.4, 0.5) is 5.69 Å². The van der Waals surface area contributed by atoms with E-state index in [9.17, 15) is 4.79 Å². The SMILES string of the molecule is COc1ccc(N2C(=O)CCC[C@H]2c2nc3cc(-c4c(C)noc4C)ccc3n2C2CCCCC2)cc1Cl. The zero-order valence-electron chi connectivity index (χ0n) is 22.2. The highest BCUT2D eigenvalue weighted by atomic mass is 35.5. The average molecular weight is 533 g/mol. The molecule has 2 aromatic heterocycles. The minimum Gasteiger partial charge on any atom is -0.495 e. The Morgan fingerprint density at radius 3 is 2.55 bits per heavy atom. The van der Waals surface area contributed by atoms with Crippen molar-refractivity contribution in [2.75, 3.05) is 12.0 Å². The quantitative estimate of drug-likeness (QED) is 0.263. The number of fused-ring (bicyclic) bond motifs is 1. The molecule has 4 aromatic rings. The highest BCUT2D eigenvalue weighted by Gasteiger charge is 2.36. The molecule has 3 heterocycles. The molecule has 38 heavy (non-hydrogen) atoms. The number of halogens is 1. The van der Waals surface area contributed by atoms with Crippen LogP contribution in [0, 0.1) is 13.8 Å². The Kier molecular flexibility index (Phi) is 6.64. The molecule has 1 saturated carbocycles. The van der Waals surface area contributed by atoms with Crippen LogP contribution in [0.15, 0.2) is 40.9 Å². The number of carbonyl (C=O) groups is 1. The van der Waals surface area contributed by atoms with Gasteiger partial charge in [-0.3, -0.25) is 4.79 Å². The molecular weight excluding hydrogens is 500 g/mol. The number of ether oxygens (including phenoxy) is 1. The molecule has 1 aliphatic heterocycles. The summed E-state index contributed by atoms with van der Waals surface area (Å²) in [6, 6.07) is 12.3. The summed E-state index contributed by atoms with van der Waals surface area (Å²) in [7, 11) is 1.60. The van der Waals surface area contributed by atoms with E-state index in [1.54, 1.807) is 7.11 Å². The zero-order chi connectivity index (χ0) is 26.4. The fourth-order valence-electron chi connectivity index (χ4n) is 6.37. The lowest BCUT2D eigenvalue weighted by atomic mass is 9.94. The first-order valence-electron chi connectivity index (χ1n) is 13.6. The maximum absolute atomic E-state index is 13.4. The number of hydrogen-bond donors (Lipinski definition) is 0. The zero-order valence-corrected chi connectivity index (χ0v) is 22.9. The van der Waals surface area contributed by atoms with Gasteiger partial charge in [0.05, 0.1) is 34.9 Å². The molecule has 2 aromatic carbocycles. The lowest BCUT2D eigenvalue weighted by molar-refractivity contribution is -0.120. The summed E-state index contributed by atoms with van der Waals surface area (Å²) in [6.45, 7) is 3.91. The molecule has 0 unspecified atom stereocenters. The molecule has 1 amide bonds. The third-order valence-corrected chi connectivity index (χ3v) is 8.43. The number of carbonyl (C=O) groups excluding carboxylic acids is 1. The molecule has 1 aliphatic carbocycles. The van der Waals surface area contributed by atoms with E-state index in [1.807, 2.05) is 36.9 Å². The van der Waals surface area contributed by atoms with Crippen molar-refractivity contribution in [1.82, 2.24) is 14.7 Å². The van der Waals surface area contributed by atoms with Crippen LogP contribution < -0.4 is 9.64 Å². The number of amides is 1. The average Bonchev–Trinajstić information content (AvgIpc) is 3.47. The van der Waals surface area contributed by atoms with Crippen LogP contribution in [0.2, 0.25) is 5.02 Å². The van der Waals surface area contributed by atoms with Gasteiger partial charge in [0.2, 0.25) is 5.91 Å². The summed E-state index contributed by atoms with van der Waals surface area (Å²) in [5.74, 6) is 2.45. The van der Waals surface area contributed by atoms with Crippen LogP contribution in [0.3, 0.4) is 0 Å². The minimum absolute atomic E-state index is 0.0983. The molecule has 7 nitrogen and oxygen atoms in total. The molecule has 0 radical (unpaired) electrons. The number of methoxy groups -OCH3 is 1. The maximum Gasteiger partial charge on any atom is 0.227 e. The fraction of sp³-hybridized carbons (Fsp3) is 0.433. The number of anilines is 1. The Hall–Kier alpha value is -3.32. The smallest absolute Gasteiger partial charge is 0.227 e. The Labute approximate surface area is 227 Å². The van der Waals surface area contributed by atoms with Crippen LogP contribution in [-0.4, -0.2) is 27.7 Å². The molecule has 1 atom stereocenters. The van der Waals surface area contributed by atoms with Crippen molar-refractivity contribution in [3.05, 3.63) is 58.7 Å². The number of aromatic nitrogens is 3. The van der Waals surface area contributed by atoms with Gasteiger partial charge in [0, 0.05) is 23.7 Å². The maximum atomic E-state index is 13.4. The van der Waals surface area contributed by atoms with Crippen LogP contribution in [0.25, 0.3) is 22.2 Å². The second kappa shape index (κ2) is 10.1. The highest BCUT2D eigenvalue weighted by Crippen LogP contribution is 2.42. The van der Waals surface area contributed by atoms with Gasteiger partial charge in [-0.05, 0) is 75.4 Å². The number of aryl methyl sites for hydroxylation is 2. The monoisotopic (exact) mass is 532 g/mol. The third-order valence-electron chi connectivity index (χ3n) is 8.14. The van der Waals surface area contributed by atoms with E-state index in [4.69, 9.17) is 25.8 Å². The molecule has 198 valence electrons. The van der Waals surface area contributed by atoms with Gasteiger partial charge < -0.3 is 18.7 Å². The van der Waals surface area contributed by atoms with E-state index in [0.29, 0.717) is 23.2 Å². The van der Waals surface area contributed by atoms with E-state index in [1.165, 1.54) is 19.3 Å². The molecule has 6 rings (SSSR count). The van der Waals surface area contributed by atoms with Crippen molar-refractivity contribution >= 4 is 34.2 Å². The summed E-state index contributed by atoms with van der Waals surface area (Å²) in [6.07, 6.45) is 8.14. The van der Waals surface area contributed by atoms with Crippen molar-refractivity contribution in [3.63, 3.8) is 0 Å². The lowest BCUT2D eigenvalue weighted by Crippen LogP contribution is -2.40. The van der Waals surface area contributed by atoms with E-state index in [-0.39, 0.29) is 11.9 Å². The summed E-state index contributed by atoms with van der Waals surface area (Å²) in [4.78, 5) is 20.6. The number of benzene rings is 2. The van der Waals surface area contributed by atoms with Crippen molar-refractivity contribution in [2.24, 2.45) is 0 Å². The van der Waals surface area contributed by atoms with Gasteiger partial charge in [-0.1, -0.05) is 42.1 Å². The predicted octanol–water partition coefficient (Wildman–Crippen LogP) is 7.73. The molecule has 1 saturated heterocycles. The first kappa shape index (κ1) is 25.0. The standard InChI is InChI=1S/C30H33ClN4O3/c1-18-29(19(2)38-33-18)20-12-14-25-24(16-20)32-30(35(25)21-8-5-4-6-9-21)26-10-7-11-28(36)34(26)22-13-15-27(37-3)23(31)17-22/h12-17,21,26H,4-11H2,1-3H3/t26-/m0/s1. The second-order valence-electron chi connectivity index (χ2n) is 10.5. The first-order valence-corrected chi connectivity index (χ1v) is 13.9. The fourth-order valence-corrected chi connectivity index (χ4v) is 6.62. The first-order chi connectivity index (χ1) is 18.5. The summed E-state index contributed by atoms with van der Waals surface area (Å²) >= 11 is 6.50. The summed E-state index contributed by atoms with van der Waals surface area (Å²) in [5, 5.41) is 4.64. The Balaban J connectivity index is 1.51. The highest BCUT2D eigenvalue weighted by molar-refractivity contribution is 6.32. The van der Waals surface area contributed by atoms with Crippen LogP contribution in [-0.2, 0) is 4.79 Å². The molecule has 2 fully saturated rings. The van der Waals surface area contributed by atoms with Crippen LogP contribution in [0.5, 0.6) is 5.75 Å². The van der Waals surface area contributed by atoms with Crippen molar-refractivity contribution < 1.29 is 14.1 Å². The number of imidazole rings is 1. The third kappa shape index (κ3) is 4.27. The molecule has 0 spiro atoms. The van der Waals surface area contributed by atoms with Crippen LogP contribution in [0.1, 0.15) is 80.7 Å². The van der Waals surface area contributed by atoms with E-state index < -0.39 is 0 Å². The topological polar surface area (TPSA) is 73.4 Å².